The van der Waals surface area contributed by atoms with Gasteiger partial charge in [-0.25, -0.2) is 0 Å². The van der Waals surface area contributed by atoms with Crippen LogP contribution in [0.3, 0.4) is 0 Å². The Morgan fingerprint density at radius 1 is 1.16 bits per heavy atom. The van der Waals surface area contributed by atoms with Gasteiger partial charge in [0.25, 0.3) is 0 Å². The molecule has 0 amide bonds. The average Bonchev–Trinajstić information content (AvgIpc) is 3.36. The van der Waals surface area contributed by atoms with Crippen LogP contribution in [0.25, 0.3) is 0 Å². The molecule has 3 saturated carbocycles. The van der Waals surface area contributed by atoms with Crippen LogP contribution in [-0.4, -0.2) is 53.5 Å². The predicted molar refractivity (Wildman–Crippen MR) is 118 cm³/mol. The molecule has 2 N–H and O–H groups in total. The van der Waals surface area contributed by atoms with E-state index in [0.29, 0.717) is 49.7 Å². The standard InChI is InChI=1S/C26H40O6/c1-15(23-30-11-12-31-23)19-5-6-20-18-7-10-26(29)14-17(32-16(2)27)13-22(28)25(26,4)21(18)8-9-24(19,20)3/h7,10,15,17-23,28-29H,5-6,8-9,11-14H2,1-4H3/t15?,17?,18-,19+,20-,21-,22?,24+,25-,26?/m0/s1. The van der Waals surface area contributed by atoms with Crippen molar-refractivity contribution >= 4 is 5.97 Å². The van der Waals surface area contributed by atoms with Crippen molar-refractivity contribution in [2.75, 3.05) is 13.2 Å². The van der Waals surface area contributed by atoms with Crippen LogP contribution in [0.2, 0.25) is 0 Å². The molecule has 6 nitrogen and oxygen atoms in total. The van der Waals surface area contributed by atoms with Crippen LogP contribution in [0.4, 0.5) is 0 Å². The SMILES string of the molecule is CC(=O)OC1CC(O)[C@]2(C)[C@H]3CC[C@]4(C)[C@@H](C(C)C5OCCO5)CC[C@H]4[C@@H]3C=CC2(O)C1. The maximum atomic E-state index is 11.8. The van der Waals surface area contributed by atoms with E-state index in [4.69, 9.17) is 14.2 Å². The van der Waals surface area contributed by atoms with Crippen LogP contribution in [-0.2, 0) is 19.0 Å². The first-order chi connectivity index (χ1) is 15.1. The number of fused-ring (bicyclic) bond motifs is 5. The Kier molecular flexibility index (Phi) is 5.56. The topological polar surface area (TPSA) is 85.2 Å². The van der Waals surface area contributed by atoms with Gasteiger partial charge < -0.3 is 24.4 Å². The zero-order valence-corrected chi connectivity index (χ0v) is 20.0. The first kappa shape index (κ1) is 22.8. The summed E-state index contributed by atoms with van der Waals surface area (Å²) in [5.74, 6) is 1.67. The van der Waals surface area contributed by atoms with Gasteiger partial charge in [-0.15, -0.1) is 0 Å². The molecule has 5 rings (SSSR count). The van der Waals surface area contributed by atoms with Crippen LogP contribution in [0.5, 0.6) is 0 Å². The number of aliphatic hydroxyl groups is 2. The van der Waals surface area contributed by atoms with Gasteiger partial charge in [-0.1, -0.05) is 32.9 Å². The van der Waals surface area contributed by atoms with E-state index < -0.39 is 23.2 Å². The van der Waals surface area contributed by atoms with Gasteiger partial charge in [0.2, 0.25) is 0 Å². The number of rotatable bonds is 3. The first-order valence-corrected chi connectivity index (χ1v) is 12.6. The third kappa shape index (κ3) is 3.16. The van der Waals surface area contributed by atoms with Crippen molar-refractivity contribution in [3.05, 3.63) is 12.2 Å². The fourth-order valence-electron chi connectivity index (χ4n) is 8.78. The van der Waals surface area contributed by atoms with Gasteiger partial charge in [-0.3, -0.25) is 4.79 Å². The molecule has 0 bridgehead atoms. The number of hydrogen-bond donors (Lipinski definition) is 2. The molecule has 0 spiro atoms. The summed E-state index contributed by atoms with van der Waals surface area (Å²) in [7, 11) is 0. The average molecular weight is 449 g/mol. The fraction of sp³-hybridized carbons (Fsp3) is 0.885. The maximum absolute atomic E-state index is 11.8. The molecule has 6 heteroatoms. The quantitative estimate of drug-likeness (QED) is 0.508. The van der Waals surface area contributed by atoms with E-state index in [1.54, 1.807) is 0 Å². The zero-order valence-electron chi connectivity index (χ0n) is 20.0. The van der Waals surface area contributed by atoms with Gasteiger partial charge in [0, 0.05) is 31.1 Å². The highest BCUT2D eigenvalue weighted by Crippen LogP contribution is 2.67. The van der Waals surface area contributed by atoms with Crippen molar-refractivity contribution in [2.45, 2.75) is 90.3 Å². The highest BCUT2D eigenvalue weighted by molar-refractivity contribution is 5.66. The molecule has 1 aliphatic heterocycles. The van der Waals surface area contributed by atoms with Crippen LogP contribution in [0, 0.1) is 40.4 Å². The molecule has 0 aromatic rings. The summed E-state index contributed by atoms with van der Waals surface area (Å²) in [5, 5.41) is 23.1. The van der Waals surface area contributed by atoms with Crippen molar-refractivity contribution in [2.24, 2.45) is 40.4 Å². The molecule has 0 radical (unpaired) electrons. The van der Waals surface area contributed by atoms with Gasteiger partial charge >= 0.3 is 5.97 Å². The van der Waals surface area contributed by atoms with Crippen LogP contribution in [0.15, 0.2) is 12.2 Å². The Hall–Kier alpha value is -0.950. The van der Waals surface area contributed by atoms with Gasteiger partial charge in [-0.05, 0) is 54.8 Å². The largest absolute Gasteiger partial charge is 0.462 e. The second-order valence-corrected chi connectivity index (χ2v) is 11.7. The van der Waals surface area contributed by atoms with Crippen molar-refractivity contribution in [3.8, 4) is 0 Å². The molecular weight excluding hydrogens is 408 g/mol. The summed E-state index contributed by atoms with van der Waals surface area (Å²) >= 11 is 0. The number of carbonyl (C=O) groups is 1. The minimum absolute atomic E-state index is 0.0869. The molecule has 0 aromatic carbocycles. The molecule has 4 aliphatic carbocycles. The number of carbonyl (C=O) groups excluding carboxylic acids is 1. The van der Waals surface area contributed by atoms with Crippen molar-refractivity contribution in [1.29, 1.82) is 0 Å². The third-order valence-corrected chi connectivity index (χ3v) is 10.5. The highest BCUT2D eigenvalue weighted by atomic mass is 16.7. The Balaban J connectivity index is 1.42. The van der Waals surface area contributed by atoms with Gasteiger partial charge in [0.15, 0.2) is 6.29 Å². The second kappa shape index (κ2) is 7.79. The van der Waals surface area contributed by atoms with E-state index in [9.17, 15) is 15.0 Å². The van der Waals surface area contributed by atoms with Crippen molar-refractivity contribution in [3.63, 3.8) is 0 Å². The van der Waals surface area contributed by atoms with Gasteiger partial charge in [0.1, 0.15) is 6.10 Å². The Labute approximate surface area is 191 Å². The number of aliphatic hydroxyl groups excluding tert-OH is 1. The normalized spacial score (nSPS) is 51.6. The van der Waals surface area contributed by atoms with Crippen LogP contribution >= 0.6 is 0 Å². The molecule has 1 heterocycles. The van der Waals surface area contributed by atoms with Crippen molar-refractivity contribution in [1.82, 2.24) is 0 Å². The van der Waals surface area contributed by atoms with Crippen LogP contribution in [0.1, 0.15) is 66.2 Å². The number of esters is 1. The maximum Gasteiger partial charge on any atom is 0.302 e. The Bertz CT molecular complexity index is 776. The molecule has 4 fully saturated rings. The molecule has 10 atom stereocenters. The molecular formula is C26H40O6. The van der Waals surface area contributed by atoms with E-state index in [1.165, 1.54) is 19.8 Å². The summed E-state index contributed by atoms with van der Waals surface area (Å²) in [4.78, 5) is 11.5. The monoisotopic (exact) mass is 448 g/mol. The Morgan fingerprint density at radius 3 is 2.56 bits per heavy atom. The number of allylic oxidation sites excluding steroid dienone is 1. The van der Waals surface area contributed by atoms with Gasteiger partial charge in [-0.2, -0.15) is 0 Å². The zero-order chi connectivity index (χ0) is 22.9. The first-order valence-electron chi connectivity index (χ1n) is 12.6. The lowest BCUT2D eigenvalue weighted by molar-refractivity contribution is -0.223. The molecule has 4 unspecified atom stereocenters. The van der Waals surface area contributed by atoms with Crippen LogP contribution < -0.4 is 0 Å². The van der Waals surface area contributed by atoms with E-state index >= 15 is 0 Å². The third-order valence-electron chi connectivity index (χ3n) is 10.5. The summed E-state index contributed by atoms with van der Waals surface area (Å²) in [6, 6.07) is 0. The van der Waals surface area contributed by atoms with E-state index in [0.717, 1.165) is 12.8 Å². The Morgan fingerprint density at radius 2 is 1.88 bits per heavy atom. The van der Waals surface area contributed by atoms with Gasteiger partial charge in [0.05, 0.1) is 24.9 Å². The minimum atomic E-state index is -1.16. The smallest absolute Gasteiger partial charge is 0.302 e. The number of ether oxygens (including phenoxy) is 3. The fourth-order valence-corrected chi connectivity index (χ4v) is 8.78. The number of hydrogen-bond acceptors (Lipinski definition) is 6. The molecule has 1 saturated heterocycles. The molecule has 5 aliphatic rings. The second-order valence-electron chi connectivity index (χ2n) is 11.7. The summed E-state index contributed by atoms with van der Waals surface area (Å²) in [6.45, 7) is 9.59. The summed E-state index contributed by atoms with van der Waals surface area (Å²) in [6.07, 6.45) is 8.15. The summed E-state index contributed by atoms with van der Waals surface area (Å²) < 4.78 is 17.2. The minimum Gasteiger partial charge on any atom is -0.462 e. The molecule has 32 heavy (non-hydrogen) atoms. The highest BCUT2D eigenvalue weighted by Gasteiger charge is 2.66. The van der Waals surface area contributed by atoms with Crippen molar-refractivity contribution < 1.29 is 29.2 Å². The lowest BCUT2D eigenvalue weighted by atomic mass is 9.44. The predicted octanol–water partition coefficient (Wildman–Crippen LogP) is 3.45. The molecule has 180 valence electrons. The van der Waals surface area contributed by atoms with E-state index in [1.807, 2.05) is 6.08 Å². The lowest BCUT2D eigenvalue weighted by Gasteiger charge is -2.63. The summed E-state index contributed by atoms with van der Waals surface area (Å²) in [5.41, 5.74) is -1.58. The lowest BCUT2D eigenvalue weighted by Crippen LogP contribution is -2.66. The molecule has 0 aromatic heterocycles. The van der Waals surface area contributed by atoms with E-state index in [2.05, 4.69) is 26.8 Å². The van der Waals surface area contributed by atoms with E-state index in [-0.39, 0.29) is 23.6 Å².